The van der Waals surface area contributed by atoms with Gasteiger partial charge in [-0.2, -0.15) is 5.26 Å². The summed E-state index contributed by atoms with van der Waals surface area (Å²) in [4.78, 5) is 23.2. The lowest BCUT2D eigenvalue weighted by atomic mass is 9.47. The van der Waals surface area contributed by atoms with Crippen LogP contribution in [-0.4, -0.2) is 23.6 Å². The van der Waals surface area contributed by atoms with Crippen molar-refractivity contribution in [3.63, 3.8) is 0 Å². The van der Waals surface area contributed by atoms with Crippen LogP contribution in [0.4, 0.5) is 0 Å². The number of carbonyl (C=O) groups excluding carboxylic acids is 2. The first kappa shape index (κ1) is 20.4. The molecule has 0 aromatic rings. The summed E-state index contributed by atoms with van der Waals surface area (Å²) in [5, 5.41) is 10.0. The molecule has 0 heterocycles. The van der Waals surface area contributed by atoms with Crippen LogP contribution in [0.2, 0.25) is 0 Å². The second kappa shape index (κ2) is 6.86. The molecule has 3 saturated carbocycles. The van der Waals surface area contributed by atoms with E-state index in [9.17, 15) is 14.9 Å². The summed E-state index contributed by atoms with van der Waals surface area (Å²) in [6, 6.07) is 2.43. The van der Waals surface area contributed by atoms with Gasteiger partial charge in [0, 0.05) is 32.1 Å². The molecule has 0 unspecified atom stereocenters. The molecule has 0 aliphatic heterocycles. The second-order valence-corrected chi connectivity index (χ2v) is 10.3. The topological polar surface area (TPSA) is 76.4 Å². The van der Waals surface area contributed by atoms with Crippen LogP contribution < -0.4 is 0 Å². The standard InChI is InChI=1S/C24H33NO4/c1-15(26)28-18-7-10-22(3)17(13-18)5-6-19-20(22)8-11-23(4)21(19)9-12-24(23,14-25)29-16(2)27/h5,18-21H,6-13H2,1-4H3/t18-,19+,20-,21-,22-,23-,24-/m0/s1. The minimum atomic E-state index is -0.980. The Morgan fingerprint density at radius 1 is 1.07 bits per heavy atom. The molecule has 5 heteroatoms. The molecular weight excluding hydrogens is 366 g/mol. The van der Waals surface area contributed by atoms with Gasteiger partial charge >= 0.3 is 11.9 Å². The number of carbonyl (C=O) groups is 2. The average Bonchev–Trinajstić information content (AvgIpc) is 2.94. The first-order valence-electron chi connectivity index (χ1n) is 11.1. The Labute approximate surface area is 173 Å². The molecule has 4 rings (SSSR count). The van der Waals surface area contributed by atoms with Gasteiger partial charge in [0.1, 0.15) is 12.2 Å². The summed E-state index contributed by atoms with van der Waals surface area (Å²) in [5.41, 5.74) is 0.363. The summed E-state index contributed by atoms with van der Waals surface area (Å²) in [7, 11) is 0. The number of ether oxygens (including phenoxy) is 2. The monoisotopic (exact) mass is 399 g/mol. The van der Waals surface area contributed by atoms with E-state index in [0.717, 1.165) is 44.9 Å². The fraction of sp³-hybridized carbons (Fsp3) is 0.792. The average molecular weight is 400 g/mol. The van der Waals surface area contributed by atoms with Crippen LogP contribution >= 0.6 is 0 Å². The number of esters is 2. The Hall–Kier alpha value is -1.83. The fourth-order valence-corrected chi connectivity index (χ4v) is 7.58. The number of rotatable bonds is 2. The minimum Gasteiger partial charge on any atom is -0.462 e. The van der Waals surface area contributed by atoms with Crippen LogP contribution in [0.15, 0.2) is 11.6 Å². The second-order valence-electron chi connectivity index (χ2n) is 10.3. The summed E-state index contributed by atoms with van der Waals surface area (Å²) < 4.78 is 11.2. The maximum absolute atomic E-state index is 11.8. The van der Waals surface area contributed by atoms with Gasteiger partial charge in [-0.15, -0.1) is 0 Å². The maximum atomic E-state index is 11.8. The van der Waals surface area contributed by atoms with Gasteiger partial charge in [-0.1, -0.05) is 25.5 Å². The summed E-state index contributed by atoms with van der Waals surface area (Å²) in [5.74, 6) is 0.980. The quantitative estimate of drug-likeness (QED) is 0.497. The fourth-order valence-electron chi connectivity index (χ4n) is 7.58. The molecule has 0 saturated heterocycles. The Morgan fingerprint density at radius 2 is 1.79 bits per heavy atom. The third-order valence-electron chi connectivity index (χ3n) is 9.01. The predicted molar refractivity (Wildman–Crippen MR) is 107 cm³/mol. The molecule has 29 heavy (non-hydrogen) atoms. The number of fused-ring (bicyclic) bond motifs is 5. The highest BCUT2D eigenvalue weighted by Gasteiger charge is 2.66. The molecule has 3 fully saturated rings. The zero-order valence-corrected chi connectivity index (χ0v) is 18.1. The van der Waals surface area contributed by atoms with Gasteiger partial charge in [0.2, 0.25) is 5.60 Å². The Balaban J connectivity index is 1.61. The van der Waals surface area contributed by atoms with E-state index in [1.807, 2.05) is 0 Å². The van der Waals surface area contributed by atoms with Crippen LogP contribution in [-0.2, 0) is 19.1 Å². The van der Waals surface area contributed by atoms with Crippen LogP contribution in [0.5, 0.6) is 0 Å². The number of nitriles is 1. The Kier molecular flexibility index (Phi) is 4.83. The zero-order chi connectivity index (χ0) is 21.0. The SMILES string of the molecule is CC(=O)O[C@H]1CC[C@@]2(C)C(=CC[C@@H]3[C@@H]2CC[C@@]2(C)[C@H]3CC[C@@]2(C#N)OC(C)=O)C1. The van der Waals surface area contributed by atoms with Crippen molar-refractivity contribution in [1.82, 2.24) is 0 Å². The van der Waals surface area contributed by atoms with Gasteiger partial charge in [-0.05, 0) is 61.7 Å². The van der Waals surface area contributed by atoms with E-state index >= 15 is 0 Å². The minimum absolute atomic E-state index is 0.0129. The van der Waals surface area contributed by atoms with Crippen molar-refractivity contribution in [1.29, 1.82) is 5.26 Å². The highest BCUT2D eigenvalue weighted by atomic mass is 16.6. The third-order valence-corrected chi connectivity index (χ3v) is 9.01. The summed E-state index contributed by atoms with van der Waals surface area (Å²) >= 11 is 0. The molecule has 5 nitrogen and oxygen atoms in total. The normalized spacial score (nSPS) is 45.7. The van der Waals surface area contributed by atoms with E-state index in [1.54, 1.807) is 0 Å². The molecule has 158 valence electrons. The largest absolute Gasteiger partial charge is 0.462 e. The van der Waals surface area contributed by atoms with Crippen molar-refractivity contribution in [3.05, 3.63) is 11.6 Å². The molecule has 0 amide bonds. The third kappa shape index (κ3) is 2.94. The van der Waals surface area contributed by atoms with E-state index in [-0.39, 0.29) is 28.9 Å². The van der Waals surface area contributed by atoms with Gasteiger partial charge in [0.25, 0.3) is 0 Å². The van der Waals surface area contributed by atoms with Crippen LogP contribution in [0.1, 0.15) is 79.1 Å². The number of nitrogens with zero attached hydrogens (tertiary/aromatic N) is 1. The summed E-state index contributed by atoms with van der Waals surface area (Å²) in [6.07, 6.45) is 9.86. The van der Waals surface area contributed by atoms with E-state index < -0.39 is 5.60 Å². The molecule has 0 spiro atoms. The van der Waals surface area contributed by atoms with Crippen LogP contribution in [0, 0.1) is 39.9 Å². The van der Waals surface area contributed by atoms with Gasteiger partial charge < -0.3 is 9.47 Å². The molecule has 0 aromatic heterocycles. The molecule has 0 aromatic carbocycles. The molecular formula is C24H33NO4. The maximum Gasteiger partial charge on any atom is 0.304 e. The smallest absolute Gasteiger partial charge is 0.304 e. The van der Waals surface area contributed by atoms with Gasteiger partial charge in [-0.3, -0.25) is 9.59 Å². The van der Waals surface area contributed by atoms with Crippen molar-refractivity contribution < 1.29 is 19.1 Å². The Morgan fingerprint density at radius 3 is 2.45 bits per heavy atom. The van der Waals surface area contributed by atoms with Gasteiger partial charge in [0.15, 0.2) is 0 Å². The number of hydrogen-bond donors (Lipinski definition) is 0. The van der Waals surface area contributed by atoms with Crippen LogP contribution in [0.3, 0.4) is 0 Å². The lowest BCUT2D eigenvalue weighted by molar-refractivity contribution is -0.169. The molecule has 0 N–H and O–H groups in total. The number of hydrogen-bond acceptors (Lipinski definition) is 5. The molecule has 4 aliphatic carbocycles. The van der Waals surface area contributed by atoms with Crippen molar-refractivity contribution in [2.45, 2.75) is 90.8 Å². The van der Waals surface area contributed by atoms with Gasteiger partial charge in [0.05, 0.1) is 0 Å². The van der Waals surface area contributed by atoms with Crippen LogP contribution in [0.25, 0.3) is 0 Å². The van der Waals surface area contributed by atoms with Crippen molar-refractivity contribution in [2.24, 2.45) is 28.6 Å². The lowest BCUT2D eigenvalue weighted by Crippen LogP contribution is -2.55. The highest BCUT2D eigenvalue weighted by molar-refractivity contribution is 5.67. The first-order valence-corrected chi connectivity index (χ1v) is 11.1. The van der Waals surface area contributed by atoms with Crippen molar-refractivity contribution in [3.8, 4) is 6.07 Å². The lowest BCUT2D eigenvalue weighted by Gasteiger charge is -2.58. The summed E-state index contributed by atoms with van der Waals surface area (Å²) in [6.45, 7) is 7.50. The van der Waals surface area contributed by atoms with Crippen molar-refractivity contribution in [2.75, 3.05) is 0 Å². The van der Waals surface area contributed by atoms with Crippen molar-refractivity contribution >= 4 is 11.9 Å². The molecule has 4 aliphatic rings. The van der Waals surface area contributed by atoms with E-state index in [1.165, 1.54) is 19.4 Å². The molecule has 0 radical (unpaired) electrons. The number of allylic oxidation sites excluding steroid dienone is 1. The van der Waals surface area contributed by atoms with Gasteiger partial charge in [-0.25, -0.2) is 0 Å². The van der Waals surface area contributed by atoms with E-state index in [2.05, 4.69) is 26.0 Å². The highest BCUT2D eigenvalue weighted by Crippen LogP contribution is 2.67. The van der Waals surface area contributed by atoms with E-state index in [4.69, 9.17) is 9.47 Å². The zero-order valence-electron chi connectivity index (χ0n) is 18.1. The molecule has 0 bridgehead atoms. The predicted octanol–water partition coefficient (Wildman–Crippen LogP) is 4.71. The Bertz CT molecular complexity index is 797. The van der Waals surface area contributed by atoms with E-state index in [0.29, 0.717) is 24.2 Å². The first-order chi connectivity index (χ1) is 13.6. The molecule has 7 atom stereocenters.